The molecule has 0 amide bonds. The van der Waals surface area contributed by atoms with E-state index in [9.17, 15) is 18.3 Å². The van der Waals surface area contributed by atoms with Gasteiger partial charge in [-0.25, -0.2) is 22.0 Å². The van der Waals surface area contributed by atoms with Crippen LogP contribution in [-0.2, 0) is 0 Å². The molecule has 1 aromatic heterocycles. The Hall–Kier alpha value is -4.21. The molecular weight excluding hydrogens is 653 g/mol. The van der Waals surface area contributed by atoms with Crippen LogP contribution < -0.4 is 15.0 Å². The number of likely N-dealkylation sites (tertiary alicyclic amines) is 1. The highest BCUT2D eigenvalue weighted by molar-refractivity contribution is 6.04. The molecule has 50 heavy (non-hydrogen) atoms. The molecule has 3 saturated heterocycles. The number of piperazine rings is 1. The van der Waals surface area contributed by atoms with Gasteiger partial charge in [-0.15, -0.1) is 6.42 Å². The molecule has 2 bridgehead atoms. The van der Waals surface area contributed by atoms with Crippen LogP contribution in [0.3, 0.4) is 0 Å². The first-order valence-electron chi connectivity index (χ1n) is 17.4. The molecule has 3 aliphatic heterocycles. The van der Waals surface area contributed by atoms with Gasteiger partial charge in [0.15, 0.2) is 5.82 Å². The molecule has 7 nitrogen and oxygen atoms in total. The van der Waals surface area contributed by atoms with Crippen molar-refractivity contribution in [3.05, 3.63) is 53.3 Å². The minimum Gasteiger partial charge on any atom is -0.508 e. The average molecular weight is 690 g/mol. The second-order valence-electron chi connectivity index (χ2n) is 15.1. The lowest BCUT2D eigenvalue weighted by molar-refractivity contribution is -0.0405. The number of hydrogen-bond donors (Lipinski definition) is 2. The van der Waals surface area contributed by atoms with E-state index in [0.29, 0.717) is 50.3 Å². The van der Waals surface area contributed by atoms with Crippen molar-refractivity contribution in [2.45, 2.75) is 56.5 Å². The molecule has 9 rings (SSSR count). The third-order valence-electron chi connectivity index (χ3n) is 11.8. The molecule has 0 radical (unpaired) electrons. The Balaban J connectivity index is 1.11. The van der Waals surface area contributed by atoms with Gasteiger partial charge in [-0.1, -0.05) is 12.0 Å². The fourth-order valence-corrected chi connectivity index (χ4v) is 9.09. The van der Waals surface area contributed by atoms with Gasteiger partial charge >= 0.3 is 6.01 Å². The molecule has 12 heteroatoms. The zero-order valence-electron chi connectivity index (χ0n) is 27.3. The summed E-state index contributed by atoms with van der Waals surface area (Å²) >= 11 is 0. The maximum atomic E-state index is 16.9. The Bertz CT molecular complexity index is 2090. The average Bonchev–Trinajstić information content (AvgIpc) is 3.44. The van der Waals surface area contributed by atoms with Gasteiger partial charge in [0.1, 0.15) is 28.7 Å². The van der Waals surface area contributed by atoms with Crippen molar-refractivity contribution in [1.82, 2.24) is 20.2 Å². The van der Waals surface area contributed by atoms with Crippen LogP contribution in [0, 0.1) is 47.0 Å². The smallest absolute Gasteiger partial charge is 0.319 e. The predicted molar refractivity (Wildman–Crippen MR) is 179 cm³/mol. The van der Waals surface area contributed by atoms with Crippen molar-refractivity contribution in [2.24, 2.45) is 17.3 Å². The minimum absolute atomic E-state index is 0.0110. The lowest BCUT2D eigenvalue weighted by atomic mass is 9.92. The number of nitrogens with one attached hydrogen (secondary N) is 1. The lowest BCUT2D eigenvalue weighted by Gasteiger charge is -2.34. The monoisotopic (exact) mass is 689 g/mol. The van der Waals surface area contributed by atoms with Crippen molar-refractivity contribution in [3.8, 4) is 35.2 Å². The predicted octanol–water partition coefficient (Wildman–Crippen LogP) is 6.63. The highest BCUT2D eigenvalue weighted by Crippen LogP contribution is 2.52. The lowest BCUT2D eigenvalue weighted by Crippen LogP contribution is -2.51. The summed E-state index contributed by atoms with van der Waals surface area (Å²) < 4.78 is 83.2. The number of terminal acetylenes is 1. The number of aromatic hydroxyl groups is 1. The molecule has 2 N–H and O–H groups in total. The van der Waals surface area contributed by atoms with E-state index in [2.05, 4.69) is 21.1 Å². The van der Waals surface area contributed by atoms with E-state index >= 15 is 8.78 Å². The van der Waals surface area contributed by atoms with Crippen molar-refractivity contribution in [3.63, 3.8) is 0 Å². The minimum atomic E-state index is -2.62. The first-order valence-corrected chi connectivity index (χ1v) is 17.4. The molecule has 4 aromatic rings. The van der Waals surface area contributed by atoms with E-state index < -0.39 is 34.9 Å². The Morgan fingerprint density at radius 1 is 0.960 bits per heavy atom. The van der Waals surface area contributed by atoms with Crippen LogP contribution in [0.15, 0.2) is 30.3 Å². The summed E-state index contributed by atoms with van der Waals surface area (Å²) in [6.07, 6.45) is 9.84. The molecule has 260 valence electrons. The van der Waals surface area contributed by atoms with Crippen LogP contribution in [0.5, 0.6) is 11.8 Å². The van der Waals surface area contributed by atoms with Gasteiger partial charge in [0.25, 0.3) is 5.92 Å². The Morgan fingerprint density at radius 3 is 2.46 bits per heavy atom. The molecule has 2 saturated carbocycles. The van der Waals surface area contributed by atoms with E-state index in [4.69, 9.17) is 16.1 Å². The van der Waals surface area contributed by atoms with Crippen LogP contribution in [0.1, 0.15) is 44.1 Å². The number of ether oxygens (including phenoxy) is 1. The first-order chi connectivity index (χ1) is 24.0. The van der Waals surface area contributed by atoms with Crippen LogP contribution in [0.2, 0.25) is 0 Å². The fourth-order valence-electron chi connectivity index (χ4n) is 9.09. The largest absolute Gasteiger partial charge is 0.508 e. The number of fused-ring (bicyclic) bond motifs is 5. The van der Waals surface area contributed by atoms with Crippen molar-refractivity contribution < 1.29 is 31.8 Å². The second kappa shape index (κ2) is 11.4. The Morgan fingerprint density at radius 2 is 1.74 bits per heavy atom. The first kappa shape index (κ1) is 31.7. The molecule has 4 heterocycles. The number of phenolic OH excluding ortho intramolecular Hbond substituents is 1. The van der Waals surface area contributed by atoms with E-state index in [-0.39, 0.29) is 75.6 Å². The Labute approximate surface area is 285 Å². The van der Waals surface area contributed by atoms with Gasteiger partial charge in [-0.2, -0.15) is 9.97 Å². The standard InChI is InChI=1S/C38H36F5N5O2/c1-2-25-29(39)6-3-20-11-24(49)12-26(31(20)25)32-30(40)13-27-34(33(32)41)45-36(46-35(27)48-15-22-4-5-23(16-48)44-22)50-19-37(9-10-37)18-47-14-21-7-8-38(42,43)28(21)17-47/h1,3,6,11-13,21-23,28,44,49H,4-5,7-10,14-19H2. The van der Waals surface area contributed by atoms with Gasteiger partial charge in [0.2, 0.25) is 0 Å². The number of nitrogens with zero attached hydrogens (tertiary/aromatic N) is 4. The Kier molecular flexibility index (Phi) is 7.24. The highest BCUT2D eigenvalue weighted by Gasteiger charge is 2.55. The summed E-state index contributed by atoms with van der Waals surface area (Å²) in [5.74, 6) is -3.53. The van der Waals surface area contributed by atoms with Crippen molar-refractivity contribution >= 4 is 27.5 Å². The van der Waals surface area contributed by atoms with Gasteiger partial charge < -0.3 is 25.0 Å². The van der Waals surface area contributed by atoms with Crippen molar-refractivity contribution in [1.29, 1.82) is 0 Å². The number of benzene rings is 3. The third-order valence-corrected chi connectivity index (χ3v) is 11.8. The summed E-state index contributed by atoms with van der Waals surface area (Å²) in [5.41, 5.74) is -1.22. The summed E-state index contributed by atoms with van der Waals surface area (Å²) in [6.45, 7) is 3.04. The summed E-state index contributed by atoms with van der Waals surface area (Å²) in [4.78, 5) is 13.4. The molecule has 4 unspecified atom stereocenters. The van der Waals surface area contributed by atoms with Gasteiger partial charge in [0, 0.05) is 78.9 Å². The number of anilines is 1. The second-order valence-corrected chi connectivity index (χ2v) is 15.1. The maximum Gasteiger partial charge on any atom is 0.319 e. The molecule has 5 fully saturated rings. The summed E-state index contributed by atoms with van der Waals surface area (Å²) in [6, 6.07) is 6.59. The topological polar surface area (TPSA) is 73.8 Å². The van der Waals surface area contributed by atoms with Gasteiger partial charge in [0.05, 0.1) is 17.7 Å². The molecule has 0 spiro atoms. The quantitative estimate of drug-likeness (QED) is 0.167. The van der Waals surface area contributed by atoms with Gasteiger partial charge in [-0.05, 0) is 67.7 Å². The van der Waals surface area contributed by atoms with E-state index in [1.807, 2.05) is 4.90 Å². The number of rotatable bonds is 7. The number of aromatic nitrogens is 2. The SMILES string of the molecule is C#Cc1c(F)ccc2cc(O)cc(-c3c(F)cc4c(N5CC6CCC(C5)N6)nc(OCC5(CN6CC7CCC(F)(F)C7C6)CC5)nc4c3F)c12. The number of halogens is 5. The summed E-state index contributed by atoms with van der Waals surface area (Å²) in [7, 11) is 0. The van der Waals surface area contributed by atoms with E-state index in [1.165, 1.54) is 24.3 Å². The number of phenols is 1. The maximum absolute atomic E-state index is 16.9. The highest BCUT2D eigenvalue weighted by atomic mass is 19.3. The number of alkyl halides is 2. The van der Waals surface area contributed by atoms with E-state index in [0.717, 1.165) is 31.7 Å². The third kappa shape index (κ3) is 5.23. The summed E-state index contributed by atoms with van der Waals surface area (Å²) in [5, 5.41) is 14.7. The molecule has 4 atom stereocenters. The zero-order valence-corrected chi connectivity index (χ0v) is 27.3. The fraction of sp³-hybridized carbons (Fsp3) is 0.474. The normalized spacial score (nSPS) is 26.4. The van der Waals surface area contributed by atoms with E-state index in [1.54, 1.807) is 0 Å². The van der Waals surface area contributed by atoms with Crippen LogP contribution in [0.25, 0.3) is 32.8 Å². The van der Waals surface area contributed by atoms with Crippen LogP contribution >= 0.6 is 0 Å². The molecule has 3 aromatic carbocycles. The van der Waals surface area contributed by atoms with Crippen molar-refractivity contribution in [2.75, 3.05) is 44.2 Å². The van der Waals surface area contributed by atoms with Crippen LogP contribution in [-0.4, -0.2) is 77.3 Å². The van der Waals surface area contributed by atoms with Gasteiger partial charge in [-0.3, -0.25) is 0 Å². The molecule has 2 aliphatic carbocycles. The number of hydrogen-bond acceptors (Lipinski definition) is 7. The molecular formula is C38H36F5N5O2. The van der Waals surface area contributed by atoms with Crippen LogP contribution in [0.4, 0.5) is 27.8 Å². The zero-order chi connectivity index (χ0) is 34.5. The molecule has 5 aliphatic rings.